The van der Waals surface area contributed by atoms with E-state index in [2.05, 4.69) is 176 Å². The molecule has 11 aromatic carbocycles. The van der Waals surface area contributed by atoms with E-state index in [4.69, 9.17) is 15.0 Å². The van der Waals surface area contributed by atoms with Crippen LogP contribution in [0.2, 0.25) is 0 Å². The summed E-state index contributed by atoms with van der Waals surface area (Å²) in [6, 6.07) is 84.9. The fourth-order valence-electron chi connectivity index (χ4n) is 9.83. The number of benzene rings is 11. The molecule has 0 saturated heterocycles. The molecular weight excluding hydrogens is 831 g/mol. The summed E-state index contributed by atoms with van der Waals surface area (Å²) in [6.07, 6.45) is 0. The van der Waals surface area contributed by atoms with Crippen LogP contribution in [0, 0.1) is 0 Å². The van der Waals surface area contributed by atoms with Crippen molar-refractivity contribution in [3.63, 3.8) is 0 Å². The van der Waals surface area contributed by atoms with E-state index in [0.717, 1.165) is 27.8 Å². The summed E-state index contributed by atoms with van der Waals surface area (Å²) >= 11 is 1.84. The number of aromatic nitrogens is 3. The van der Waals surface area contributed by atoms with Crippen molar-refractivity contribution in [3.8, 4) is 78.7 Å². The van der Waals surface area contributed by atoms with Crippen molar-refractivity contribution in [2.75, 3.05) is 0 Å². The molecule has 0 unspecified atom stereocenters. The van der Waals surface area contributed by atoms with Gasteiger partial charge in [0.1, 0.15) is 0 Å². The Labute approximate surface area is 392 Å². The van der Waals surface area contributed by atoms with Crippen LogP contribution in [0.4, 0.5) is 0 Å². The minimum Gasteiger partial charge on any atom is -0.208 e. The van der Waals surface area contributed by atoms with Crippen molar-refractivity contribution in [2.45, 2.75) is 0 Å². The zero-order valence-corrected chi connectivity index (χ0v) is 37.1. The van der Waals surface area contributed by atoms with Crippen molar-refractivity contribution in [2.24, 2.45) is 0 Å². The molecule has 0 atom stereocenters. The topological polar surface area (TPSA) is 38.7 Å². The molecule has 0 spiro atoms. The highest BCUT2D eigenvalue weighted by atomic mass is 32.1. The van der Waals surface area contributed by atoms with E-state index in [9.17, 15) is 0 Å². The molecule has 67 heavy (non-hydrogen) atoms. The lowest BCUT2D eigenvalue weighted by Gasteiger charge is -2.13. The third-order valence-corrected chi connectivity index (χ3v) is 14.2. The number of fused-ring (bicyclic) bond motifs is 9. The van der Waals surface area contributed by atoms with Gasteiger partial charge in [-0.05, 0) is 107 Å². The maximum absolute atomic E-state index is 5.07. The number of nitrogens with zero attached hydrogens (tertiary/aromatic N) is 3. The lowest BCUT2D eigenvalue weighted by atomic mass is 9.91. The van der Waals surface area contributed by atoms with E-state index in [1.807, 2.05) is 72.0 Å². The maximum atomic E-state index is 5.07. The van der Waals surface area contributed by atoms with Gasteiger partial charge in [-0.25, -0.2) is 15.0 Å². The van der Waals surface area contributed by atoms with Gasteiger partial charge >= 0.3 is 0 Å². The lowest BCUT2D eigenvalue weighted by Crippen LogP contribution is -2.01. The Morgan fingerprint density at radius 1 is 0.209 bits per heavy atom. The van der Waals surface area contributed by atoms with Gasteiger partial charge in [0.25, 0.3) is 0 Å². The zero-order valence-electron chi connectivity index (χ0n) is 36.3. The Morgan fingerprint density at radius 2 is 0.567 bits per heavy atom. The van der Waals surface area contributed by atoms with Gasteiger partial charge in [-0.1, -0.05) is 206 Å². The molecule has 0 aliphatic rings. The summed E-state index contributed by atoms with van der Waals surface area (Å²) < 4.78 is 2.50. The molecule has 0 aliphatic heterocycles. The summed E-state index contributed by atoms with van der Waals surface area (Å²) in [5.74, 6) is 1.95. The highest BCUT2D eigenvalue weighted by Gasteiger charge is 2.17. The SMILES string of the molecule is c1ccc(-c2nc(-c3ccccc3)nc(-c3ccccc3-c3ccc4c(c3)sc3cc(-c5cccc(-c6cccc(-c7ccc8c9ccccc9c9ccccc9c8c7)c6)c5)ccc34)n2)cc1. The summed E-state index contributed by atoms with van der Waals surface area (Å²) in [5.41, 5.74) is 12.3. The van der Waals surface area contributed by atoms with Crippen molar-refractivity contribution in [3.05, 3.63) is 237 Å². The molecule has 2 aromatic heterocycles. The number of hydrogen-bond donors (Lipinski definition) is 0. The minimum atomic E-state index is 0.648. The minimum absolute atomic E-state index is 0.648. The molecule has 0 fully saturated rings. The molecule has 2 heterocycles. The van der Waals surface area contributed by atoms with Crippen LogP contribution >= 0.6 is 11.3 Å². The number of hydrogen-bond acceptors (Lipinski definition) is 4. The van der Waals surface area contributed by atoms with E-state index in [-0.39, 0.29) is 0 Å². The van der Waals surface area contributed by atoms with Gasteiger partial charge in [0.2, 0.25) is 0 Å². The predicted molar refractivity (Wildman–Crippen MR) is 283 cm³/mol. The van der Waals surface area contributed by atoms with Gasteiger partial charge in [-0.15, -0.1) is 11.3 Å². The Balaban J connectivity index is 0.836. The first kappa shape index (κ1) is 38.9. The van der Waals surface area contributed by atoms with Gasteiger partial charge in [0.05, 0.1) is 0 Å². The first-order chi connectivity index (χ1) is 33.2. The van der Waals surface area contributed by atoms with Crippen molar-refractivity contribution < 1.29 is 0 Å². The van der Waals surface area contributed by atoms with Crippen LogP contribution in [0.15, 0.2) is 237 Å². The smallest absolute Gasteiger partial charge is 0.164 e. The van der Waals surface area contributed by atoms with Crippen LogP contribution in [-0.4, -0.2) is 15.0 Å². The Hall–Kier alpha value is -8.57. The molecule has 312 valence electrons. The molecular formula is C63H39N3S. The van der Waals surface area contributed by atoms with Gasteiger partial charge in [-0.2, -0.15) is 0 Å². The van der Waals surface area contributed by atoms with Crippen molar-refractivity contribution in [1.29, 1.82) is 0 Å². The predicted octanol–water partition coefficient (Wildman–Crippen LogP) is 17.4. The number of thiophene rings is 1. The fraction of sp³-hybridized carbons (Fsp3) is 0. The highest BCUT2D eigenvalue weighted by molar-refractivity contribution is 7.25. The maximum Gasteiger partial charge on any atom is 0.164 e. The van der Waals surface area contributed by atoms with E-state index in [1.54, 1.807) is 0 Å². The Morgan fingerprint density at radius 3 is 1.10 bits per heavy atom. The summed E-state index contributed by atoms with van der Waals surface area (Å²) in [4.78, 5) is 15.1. The zero-order chi connectivity index (χ0) is 44.3. The second-order valence-electron chi connectivity index (χ2n) is 17.1. The second-order valence-corrected chi connectivity index (χ2v) is 18.2. The molecule has 0 aliphatic carbocycles. The molecule has 4 heteroatoms. The standard InChI is InChI=1S/C63H39N3S/c1-3-15-40(16-4-1)61-64-62(41-17-5-2-6-18-41)66-63(65-61)57-28-12-7-23-49(57)48-31-34-56-55-33-30-47(38-59(55)67-60(56)39-48)45-22-14-20-43(36-45)42-19-13-21-44(35-42)46-29-32-54-52-26-9-8-24-50(52)51-25-10-11-27-53(51)58(54)37-46/h1-39H. The van der Waals surface area contributed by atoms with Crippen molar-refractivity contribution in [1.82, 2.24) is 15.0 Å². The van der Waals surface area contributed by atoms with E-state index in [1.165, 1.54) is 85.9 Å². The average molecular weight is 870 g/mol. The van der Waals surface area contributed by atoms with Crippen LogP contribution in [0.1, 0.15) is 0 Å². The van der Waals surface area contributed by atoms with E-state index in [0.29, 0.717) is 17.5 Å². The van der Waals surface area contributed by atoms with E-state index >= 15 is 0 Å². The molecule has 0 amide bonds. The third kappa shape index (κ3) is 6.94. The first-order valence-corrected chi connectivity index (χ1v) is 23.5. The van der Waals surface area contributed by atoms with Gasteiger partial charge < -0.3 is 0 Å². The van der Waals surface area contributed by atoms with Crippen LogP contribution in [0.3, 0.4) is 0 Å². The van der Waals surface area contributed by atoms with Crippen LogP contribution in [0.5, 0.6) is 0 Å². The van der Waals surface area contributed by atoms with Gasteiger partial charge in [-0.3, -0.25) is 0 Å². The molecule has 13 rings (SSSR count). The van der Waals surface area contributed by atoms with E-state index < -0.39 is 0 Å². The van der Waals surface area contributed by atoms with Crippen molar-refractivity contribution >= 4 is 63.8 Å². The summed E-state index contributed by atoms with van der Waals surface area (Å²) in [6.45, 7) is 0. The largest absolute Gasteiger partial charge is 0.208 e. The monoisotopic (exact) mass is 869 g/mol. The third-order valence-electron chi connectivity index (χ3n) is 13.1. The first-order valence-electron chi connectivity index (χ1n) is 22.7. The molecule has 0 radical (unpaired) electrons. The lowest BCUT2D eigenvalue weighted by molar-refractivity contribution is 1.07. The van der Waals surface area contributed by atoms with Crippen LogP contribution in [-0.2, 0) is 0 Å². The summed E-state index contributed by atoms with van der Waals surface area (Å²) in [5, 5.41) is 10.3. The van der Waals surface area contributed by atoms with Crippen LogP contribution < -0.4 is 0 Å². The molecule has 13 aromatic rings. The Kier molecular flexibility index (Phi) is 9.36. The van der Waals surface area contributed by atoms with Crippen LogP contribution in [0.25, 0.3) is 131 Å². The van der Waals surface area contributed by atoms with Gasteiger partial charge in [0, 0.05) is 36.9 Å². The van der Waals surface area contributed by atoms with Gasteiger partial charge in [0.15, 0.2) is 17.5 Å². The highest BCUT2D eigenvalue weighted by Crippen LogP contribution is 2.42. The fourth-order valence-corrected chi connectivity index (χ4v) is 11.0. The quantitative estimate of drug-likeness (QED) is 0.150. The Bertz CT molecular complexity index is 3950. The molecule has 0 N–H and O–H groups in total. The average Bonchev–Trinajstić information content (AvgIpc) is 3.78. The number of rotatable bonds is 7. The molecule has 0 bridgehead atoms. The second kappa shape index (κ2) is 16.1. The molecule has 3 nitrogen and oxygen atoms in total. The summed E-state index contributed by atoms with van der Waals surface area (Å²) in [7, 11) is 0. The normalized spacial score (nSPS) is 11.6. The molecule has 0 saturated carbocycles.